The van der Waals surface area contributed by atoms with Crippen molar-refractivity contribution in [3.63, 3.8) is 0 Å². The van der Waals surface area contributed by atoms with E-state index in [0.29, 0.717) is 16.9 Å². The summed E-state index contributed by atoms with van der Waals surface area (Å²) in [5, 5.41) is 3.83. The van der Waals surface area contributed by atoms with Gasteiger partial charge in [-0.1, -0.05) is 36.4 Å². The lowest BCUT2D eigenvalue weighted by Crippen LogP contribution is -2.65. The Morgan fingerprint density at radius 3 is 2.15 bits per heavy atom. The molecule has 1 saturated heterocycles. The van der Waals surface area contributed by atoms with Crippen molar-refractivity contribution in [2.75, 3.05) is 10.2 Å². The Labute approximate surface area is 194 Å². The molecule has 0 aromatic heterocycles. The maximum absolute atomic E-state index is 13.2. The third-order valence-electron chi connectivity index (χ3n) is 5.01. The summed E-state index contributed by atoms with van der Waals surface area (Å²) in [6.07, 6.45) is -0.239. The molecular weight excluding hydrogens is 443 g/mol. The largest absolute Gasteiger partial charge is 0.324 e. The van der Waals surface area contributed by atoms with Crippen molar-refractivity contribution in [3.8, 4) is 0 Å². The van der Waals surface area contributed by atoms with Crippen molar-refractivity contribution < 1.29 is 18.8 Å². The minimum absolute atomic E-state index is 0.0408. The van der Waals surface area contributed by atoms with Gasteiger partial charge < -0.3 is 5.32 Å². The fourth-order valence-corrected chi connectivity index (χ4v) is 3.77. The Kier molecular flexibility index (Phi) is 6.41. The second kappa shape index (κ2) is 9.58. The van der Waals surface area contributed by atoms with Crippen LogP contribution in [0.1, 0.15) is 16.8 Å². The molecule has 1 fully saturated rings. The van der Waals surface area contributed by atoms with Crippen LogP contribution in [0.5, 0.6) is 0 Å². The SMILES string of the molecule is O=C(NN1C(=S)N(c2ccccc2)C(=O)C[C@H]1C(=O)Nc1ccc(F)cc1)c1ccccc1. The highest BCUT2D eigenvalue weighted by Crippen LogP contribution is 2.24. The van der Waals surface area contributed by atoms with Crippen LogP contribution >= 0.6 is 12.2 Å². The highest BCUT2D eigenvalue weighted by Gasteiger charge is 2.41. The van der Waals surface area contributed by atoms with E-state index in [9.17, 15) is 18.8 Å². The van der Waals surface area contributed by atoms with E-state index in [0.717, 1.165) is 0 Å². The van der Waals surface area contributed by atoms with Crippen LogP contribution in [-0.4, -0.2) is 33.9 Å². The molecule has 3 aromatic carbocycles. The molecule has 166 valence electrons. The smallest absolute Gasteiger partial charge is 0.269 e. The minimum Gasteiger partial charge on any atom is -0.324 e. The zero-order chi connectivity index (χ0) is 23.4. The van der Waals surface area contributed by atoms with Gasteiger partial charge in [-0.2, -0.15) is 0 Å². The predicted octanol–water partition coefficient (Wildman–Crippen LogP) is 3.50. The number of anilines is 2. The van der Waals surface area contributed by atoms with Crippen LogP contribution in [0, 0.1) is 5.82 Å². The fourth-order valence-electron chi connectivity index (χ4n) is 3.39. The predicted molar refractivity (Wildman–Crippen MR) is 126 cm³/mol. The lowest BCUT2D eigenvalue weighted by atomic mass is 10.1. The molecule has 3 amide bonds. The summed E-state index contributed by atoms with van der Waals surface area (Å²) < 4.78 is 13.2. The Morgan fingerprint density at radius 2 is 1.52 bits per heavy atom. The molecule has 4 rings (SSSR count). The monoisotopic (exact) mass is 462 g/mol. The number of nitrogens with one attached hydrogen (secondary N) is 2. The molecule has 7 nitrogen and oxygen atoms in total. The molecule has 1 aliphatic heterocycles. The number of nitrogens with zero attached hydrogens (tertiary/aromatic N) is 2. The third-order valence-corrected chi connectivity index (χ3v) is 5.39. The van der Waals surface area contributed by atoms with Gasteiger partial charge in [0.1, 0.15) is 11.9 Å². The number of hydrogen-bond acceptors (Lipinski definition) is 4. The zero-order valence-corrected chi connectivity index (χ0v) is 18.1. The van der Waals surface area contributed by atoms with Crippen LogP contribution in [0.15, 0.2) is 84.9 Å². The number of amides is 3. The number of carbonyl (C=O) groups is 3. The first kappa shape index (κ1) is 22.1. The maximum Gasteiger partial charge on any atom is 0.269 e. The molecule has 0 bridgehead atoms. The number of rotatable bonds is 5. The average molecular weight is 463 g/mol. The Hall–Kier alpha value is -4.11. The number of thiocarbonyl (C=S) groups is 1. The Balaban J connectivity index is 1.64. The van der Waals surface area contributed by atoms with Crippen molar-refractivity contribution in [2.24, 2.45) is 0 Å². The van der Waals surface area contributed by atoms with Gasteiger partial charge >= 0.3 is 0 Å². The van der Waals surface area contributed by atoms with Gasteiger partial charge in [-0.3, -0.25) is 24.7 Å². The molecule has 1 heterocycles. The summed E-state index contributed by atoms with van der Waals surface area (Å²) in [6, 6.07) is 21.3. The summed E-state index contributed by atoms with van der Waals surface area (Å²) in [7, 11) is 0. The molecule has 9 heteroatoms. The van der Waals surface area contributed by atoms with Crippen molar-refractivity contribution in [1.82, 2.24) is 10.4 Å². The Morgan fingerprint density at radius 1 is 0.909 bits per heavy atom. The van der Waals surface area contributed by atoms with Crippen molar-refractivity contribution in [1.29, 1.82) is 0 Å². The topological polar surface area (TPSA) is 81.8 Å². The zero-order valence-electron chi connectivity index (χ0n) is 17.3. The van der Waals surface area contributed by atoms with E-state index in [1.165, 1.54) is 34.2 Å². The normalized spacial score (nSPS) is 15.8. The first-order chi connectivity index (χ1) is 15.9. The van der Waals surface area contributed by atoms with E-state index < -0.39 is 29.6 Å². The minimum atomic E-state index is -1.11. The molecule has 2 N–H and O–H groups in total. The van der Waals surface area contributed by atoms with Gasteiger partial charge in [-0.15, -0.1) is 0 Å². The summed E-state index contributed by atoms with van der Waals surface area (Å²) in [5.41, 5.74) is 3.90. The summed E-state index contributed by atoms with van der Waals surface area (Å²) in [4.78, 5) is 40.2. The van der Waals surface area contributed by atoms with E-state index in [2.05, 4.69) is 10.7 Å². The number of benzene rings is 3. The molecular formula is C24H19FN4O3S. The lowest BCUT2D eigenvalue weighted by molar-refractivity contribution is -0.127. The van der Waals surface area contributed by atoms with E-state index in [1.807, 2.05) is 0 Å². The van der Waals surface area contributed by atoms with E-state index >= 15 is 0 Å². The molecule has 3 aromatic rings. The number of hydrazine groups is 1. The third kappa shape index (κ3) is 4.88. The van der Waals surface area contributed by atoms with Crippen LogP contribution in [-0.2, 0) is 9.59 Å². The molecule has 1 atom stereocenters. The van der Waals surface area contributed by atoms with Crippen LogP contribution in [0.25, 0.3) is 0 Å². The second-order valence-electron chi connectivity index (χ2n) is 7.24. The molecule has 33 heavy (non-hydrogen) atoms. The lowest BCUT2D eigenvalue weighted by Gasteiger charge is -2.41. The number of carbonyl (C=O) groups excluding carboxylic acids is 3. The Bertz CT molecular complexity index is 1190. The summed E-state index contributed by atoms with van der Waals surface area (Å²) in [6.45, 7) is 0. The maximum atomic E-state index is 13.2. The van der Waals surface area contributed by atoms with Gasteiger partial charge in [-0.25, -0.2) is 9.40 Å². The van der Waals surface area contributed by atoms with Crippen LogP contribution < -0.4 is 15.6 Å². The number of para-hydroxylation sites is 1. The van der Waals surface area contributed by atoms with Gasteiger partial charge in [0, 0.05) is 11.3 Å². The van der Waals surface area contributed by atoms with Gasteiger partial charge in [0.05, 0.1) is 12.1 Å². The van der Waals surface area contributed by atoms with Crippen LogP contribution in [0.3, 0.4) is 0 Å². The molecule has 1 aliphatic rings. The molecule has 0 spiro atoms. The molecule has 0 aliphatic carbocycles. The van der Waals surface area contributed by atoms with Gasteiger partial charge in [0.15, 0.2) is 0 Å². The molecule has 0 unspecified atom stereocenters. The quantitative estimate of drug-likeness (QED) is 0.568. The van der Waals surface area contributed by atoms with Gasteiger partial charge in [-0.05, 0) is 60.7 Å². The standard InChI is InChI=1S/C24H19FN4O3S/c25-17-11-13-18(14-12-17)26-23(32)20-15-21(30)28(19-9-5-2-6-10-19)24(33)29(20)27-22(31)16-7-3-1-4-8-16/h1-14,20H,15H2,(H,26,32)(H,27,31)/t20-/m0/s1. The first-order valence-electron chi connectivity index (χ1n) is 10.1. The summed E-state index contributed by atoms with van der Waals surface area (Å²) in [5.74, 6) is -1.90. The van der Waals surface area contributed by atoms with Crippen molar-refractivity contribution in [3.05, 3.63) is 96.3 Å². The van der Waals surface area contributed by atoms with E-state index in [1.54, 1.807) is 60.7 Å². The highest BCUT2D eigenvalue weighted by atomic mass is 32.1. The highest BCUT2D eigenvalue weighted by molar-refractivity contribution is 7.80. The van der Waals surface area contributed by atoms with E-state index in [-0.39, 0.29) is 11.5 Å². The van der Waals surface area contributed by atoms with Crippen LogP contribution in [0.4, 0.5) is 15.8 Å². The molecule has 0 radical (unpaired) electrons. The van der Waals surface area contributed by atoms with Gasteiger partial charge in [0.25, 0.3) is 5.91 Å². The average Bonchev–Trinajstić information content (AvgIpc) is 2.83. The second-order valence-corrected chi connectivity index (χ2v) is 7.61. The van der Waals surface area contributed by atoms with Crippen LogP contribution in [0.2, 0.25) is 0 Å². The first-order valence-corrected chi connectivity index (χ1v) is 10.5. The molecule has 0 saturated carbocycles. The van der Waals surface area contributed by atoms with Crippen molar-refractivity contribution >= 4 is 46.4 Å². The van der Waals surface area contributed by atoms with Gasteiger partial charge in [0.2, 0.25) is 16.9 Å². The number of halogens is 1. The fraction of sp³-hybridized carbons (Fsp3) is 0.0833. The number of hydrogen-bond donors (Lipinski definition) is 2. The van der Waals surface area contributed by atoms with E-state index in [4.69, 9.17) is 12.2 Å². The summed E-state index contributed by atoms with van der Waals surface area (Å²) >= 11 is 5.54. The van der Waals surface area contributed by atoms with Crippen molar-refractivity contribution in [2.45, 2.75) is 12.5 Å².